The molecule has 4 heteroatoms. The summed E-state index contributed by atoms with van der Waals surface area (Å²) >= 11 is 9.61. The monoisotopic (exact) mass is 327 g/mol. The van der Waals surface area contributed by atoms with Crippen molar-refractivity contribution in [2.45, 2.75) is 18.7 Å². The fourth-order valence-corrected chi connectivity index (χ4v) is 2.46. The molecule has 0 aliphatic rings. The predicted octanol–water partition coefficient (Wildman–Crippen LogP) is 4.81. The summed E-state index contributed by atoms with van der Waals surface area (Å²) in [4.78, 5) is 4.28. The highest BCUT2D eigenvalue weighted by Crippen LogP contribution is 2.29. The van der Waals surface area contributed by atoms with Gasteiger partial charge in [0.15, 0.2) is 0 Å². The zero-order valence-corrected chi connectivity index (χ0v) is 12.2. The van der Waals surface area contributed by atoms with Gasteiger partial charge in [0, 0.05) is 28.3 Å². The Kier molecular flexibility index (Phi) is 4.36. The molecule has 0 amide bonds. The van der Waals surface area contributed by atoms with Gasteiger partial charge in [0.1, 0.15) is 5.82 Å². The molecule has 2 rings (SSSR count). The van der Waals surface area contributed by atoms with Crippen LogP contribution < -0.4 is 0 Å². The molecule has 94 valence electrons. The van der Waals surface area contributed by atoms with Gasteiger partial charge >= 0.3 is 0 Å². The van der Waals surface area contributed by atoms with Crippen LogP contribution in [0.1, 0.15) is 22.2 Å². The van der Waals surface area contributed by atoms with E-state index in [1.165, 1.54) is 6.07 Å². The topological polar surface area (TPSA) is 12.9 Å². The normalized spacial score (nSPS) is 12.4. The molecule has 0 bridgehead atoms. The van der Waals surface area contributed by atoms with E-state index in [1.54, 1.807) is 18.3 Å². The zero-order valence-electron chi connectivity index (χ0n) is 9.83. The molecule has 0 N–H and O–H groups in total. The summed E-state index contributed by atoms with van der Waals surface area (Å²) in [5, 5.41) is -0.420. The van der Waals surface area contributed by atoms with E-state index >= 15 is 0 Å². The lowest BCUT2D eigenvalue weighted by molar-refractivity contribution is 0.604. The lowest BCUT2D eigenvalue weighted by atomic mass is 10.0. The van der Waals surface area contributed by atoms with Gasteiger partial charge in [0.2, 0.25) is 0 Å². The highest BCUT2D eigenvalue weighted by Gasteiger charge is 2.15. The number of rotatable bonds is 3. The smallest absolute Gasteiger partial charge is 0.127 e. The van der Waals surface area contributed by atoms with Gasteiger partial charge in [-0.25, -0.2) is 4.39 Å². The van der Waals surface area contributed by atoms with Crippen LogP contribution >= 0.6 is 27.5 Å². The molecule has 18 heavy (non-hydrogen) atoms. The molecule has 1 aromatic heterocycles. The molecule has 1 unspecified atom stereocenters. The van der Waals surface area contributed by atoms with E-state index < -0.39 is 5.38 Å². The Morgan fingerprint density at radius 3 is 2.89 bits per heavy atom. The van der Waals surface area contributed by atoms with Gasteiger partial charge in [0.25, 0.3) is 0 Å². The van der Waals surface area contributed by atoms with Crippen molar-refractivity contribution in [3.8, 4) is 0 Å². The number of nitrogens with zero attached hydrogens (tertiary/aromatic N) is 1. The van der Waals surface area contributed by atoms with E-state index in [0.29, 0.717) is 12.0 Å². The minimum absolute atomic E-state index is 0.285. The Balaban J connectivity index is 2.25. The van der Waals surface area contributed by atoms with Gasteiger partial charge in [-0.3, -0.25) is 4.98 Å². The summed E-state index contributed by atoms with van der Waals surface area (Å²) in [5.41, 5.74) is 2.46. The van der Waals surface area contributed by atoms with Crippen LogP contribution in [0.3, 0.4) is 0 Å². The third-order valence-electron chi connectivity index (χ3n) is 2.79. The van der Waals surface area contributed by atoms with Crippen LogP contribution in [0, 0.1) is 12.7 Å². The summed E-state index contributed by atoms with van der Waals surface area (Å²) in [6, 6.07) is 8.64. The summed E-state index contributed by atoms with van der Waals surface area (Å²) in [5.74, 6) is -0.285. The number of halogens is 3. The standard InChI is InChI=1S/C14H12BrClFN/c1-9-3-2-6-18-14(9)8-12(16)11-7-10(15)4-5-13(11)17/h2-7,12H,8H2,1H3. The fourth-order valence-electron chi connectivity index (χ4n) is 1.77. The third-order valence-corrected chi connectivity index (χ3v) is 3.67. The molecule has 0 aliphatic heterocycles. The largest absolute Gasteiger partial charge is 0.261 e. The molecule has 1 heterocycles. The summed E-state index contributed by atoms with van der Waals surface area (Å²) < 4.78 is 14.5. The third kappa shape index (κ3) is 3.09. The summed E-state index contributed by atoms with van der Waals surface area (Å²) in [6.07, 6.45) is 2.24. The quantitative estimate of drug-likeness (QED) is 0.737. The molecule has 1 aromatic carbocycles. The van der Waals surface area contributed by atoms with Crippen LogP contribution in [0.2, 0.25) is 0 Å². The van der Waals surface area contributed by atoms with E-state index in [2.05, 4.69) is 20.9 Å². The predicted molar refractivity (Wildman–Crippen MR) is 75.4 cm³/mol. The lowest BCUT2D eigenvalue weighted by Crippen LogP contribution is -2.02. The molecule has 0 aliphatic carbocycles. The second-order valence-corrected chi connectivity index (χ2v) is 5.55. The van der Waals surface area contributed by atoms with E-state index in [0.717, 1.165) is 15.7 Å². The van der Waals surface area contributed by atoms with Crippen molar-refractivity contribution in [2.24, 2.45) is 0 Å². The van der Waals surface area contributed by atoms with Crippen LogP contribution in [0.4, 0.5) is 4.39 Å². The lowest BCUT2D eigenvalue weighted by Gasteiger charge is -2.12. The second-order valence-electron chi connectivity index (χ2n) is 4.10. The van der Waals surface area contributed by atoms with Crippen LogP contribution in [0.25, 0.3) is 0 Å². The number of hydrogen-bond donors (Lipinski definition) is 0. The number of pyridine rings is 1. The van der Waals surface area contributed by atoms with Crippen LogP contribution in [0.15, 0.2) is 41.0 Å². The van der Waals surface area contributed by atoms with Crippen molar-refractivity contribution in [3.05, 3.63) is 63.6 Å². The molecule has 0 saturated heterocycles. The van der Waals surface area contributed by atoms with E-state index in [9.17, 15) is 4.39 Å². The Labute approximate surface area is 119 Å². The highest BCUT2D eigenvalue weighted by molar-refractivity contribution is 9.10. The van der Waals surface area contributed by atoms with E-state index in [4.69, 9.17) is 11.6 Å². The van der Waals surface area contributed by atoms with E-state index in [-0.39, 0.29) is 5.82 Å². The van der Waals surface area contributed by atoms with Crippen LogP contribution in [0.5, 0.6) is 0 Å². The summed E-state index contributed by atoms with van der Waals surface area (Å²) in [6.45, 7) is 1.98. The van der Waals surface area contributed by atoms with Gasteiger partial charge in [-0.05, 0) is 36.8 Å². The average molecular weight is 329 g/mol. The molecule has 0 saturated carbocycles. The Hall–Kier alpha value is -0.930. The number of benzene rings is 1. The van der Waals surface area contributed by atoms with Crippen molar-refractivity contribution < 1.29 is 4.39 Å². The zero-order chi connectivity index (χ0) is 13.1. The molecule has 1 atom stereocenters. The number of alkyl halides is 1. The Morgan fingerprint density at radius 2 is 2.17 bits per heavy atom. The first-order chi connectivity index (χ1) is 8.58. The first-order valence-electron chi connectivity index (χ1n) is 5.57. The van der Waals surface area contributed by atoms with Crippen molar-refractivity contribution in [1.82, 2.24) is 4.98 Å². The first kappa shape index (κ1) is 13.5. The molecule has 0 fully saturated rings. The van der Waals surface area contributed by atoms with Crippen molar-refractivity contribution in [3.63, 3.8) is 0 Å². The SMILES string of the molecule is Cc1cccnc1CC(Cl)c1cc(Br)ccc1F. The molecular weight excluding hydrogens is 317 g/mol. The maximum atomic E-state index is 13.7. The Bertz CT molecular complexity index is 559. The molecule has 0 spiro atoms. The van der Waals surface area contributed by atoms with Gasteiger partial charge in [-0.2, -0.15) is 0 Å². The minimum Gasteiger partial charge on any atom is -0.261 e. The second kappa shape index (κ2) is 5.81. The van der Waals surface area contributed by atoms with Crippen molar-refractivity contribution in [2.75, 3.05) is 0 Å². The van der Waals surface area contributed by atoms with Gasteiger partial charge in [-0.15, -0.1) is 11.6 Å². The number of hydrogen-bond acceptors (Lipinski definition) is 1. The molecule has 1 nitrogen and oxygen atoms in total. The summed E-state index contributed by atoms with van der Waals surface area (Å²) in [7, 11) is 0. The Morgan fingerprint density at radius 1 is 1.39 bits per heavy atom. The highest BCUT2D eigenvalue weighted by atomic mass is 79.9. The van der Waals surface area contributed by atoms with Gasteiger partial charge in [0.05, 0.1) is 5.38 Å². The molecule has 2 aromatic rings. The van der Waals surface area contributed by atoms with E-state index in [1.807, 2.05) is 19.1 Å². The first-order valence-corrected chi connectivity index (χ1v) is 6.80. The molecular formula is C14H12BrClFN. The van der Waals surface area contributed by atoms with Crippen LogP contribution in [-0.4, -0.2) is 4.98 Å². The average Bonchev–Trinajstić information content (AvgIpc) is 2.35. The van der Waals surface area contributed by atoms with Crippen LogP contribution in [-0.2, 0) is 6.42 Å². The van der Waals surface area contributed by atoms with Gasteiger partial charge < -0.3 is 0 Å². The molecule has 0 radical (unpaired) electrons. The number of aromatic nitrogens is 1. The maximum absolute atomic E-state index is 13.7. The van der Waals surface area contributed by atoms with Gasteiger partial charge in [-0.1, -0.05) is 22.0 Å². The number of aryl methyl sites for hydroxylation is 1. The van der Waals surface area contributed by atoms with Crippen molar-refractivity contribution in [1.29, 1.82) is 0 Å². The fraction of sp³-hybridized carbons (Fsp3) is 0.214. The maximum Gasteiger partial charge on any atom is 0.127 e. The van der Waals surface area contributed by atoms with Crippen molar-refractivity contribution >= 4 is 27.5 Å². The minimum atomic E-state index is -0.420.